The number of hydrogen-bond acceptors (Lipinski definition) is 3. The molecule has 2 aliphatic rings. The highest BCUT2D eigenvalue weighted by Gasteiger charge is 2.41. The summed E-state index contributed by atoms with van der Waals surface area (Å²) in [5.41, 5.74) is -0.653. The van der Waals surface area contributed by atoms with E-state index in [0.717, 1.165) is 25.9 Å². The Morgan fingerprint density at radius 2 is 1.87 bits per heavy atom. The van der Waals surface area contributed by atoms with E-state index >= 15 is 0 Å². The maximum atomic E-state index is 11.4. The molecule has 1 heterocycles. The van der Waals surface area contributed by atoms with Crippen LogP contribution in [0.4, 0.5) is 0 Å². The lowest BCUT2D eigenvalue weighted by Gasteiger charge is -2.37. The largest absolute Gasteiger partial charge is 0.480 e. The van der Waals surface area contributed by atoms with Gasteiger partial charge in [0.2, 0.25) is 0 Å². The van der Waals surface area contributed by atoms with E-state index in [0.29, 0.717) is 18.9 Å². The van der Waals surface area contributed by atoms with E-state index in [4.69, 9.17) is 0 Å². The van der Waals surface area contributed by atoms with Gasteiger partial charge in [-0.25, -0.2) is 0 Å². The minimum absolute atomic E-state index is 0.430. The Morgan fingerprint density at radius 3 is 2.40 bits per heavy atom. The smallest absolute Gasteiger partial charge is 0.324 e. The zero-order valence-corrected chi connectivity index (χ0v) is 9.09. The summed E-state index contributed by atoms with van der Waals surface area (Å²) in [5.74, 6) is -0.670. The van der Waals surface area contributed by atoms with Gasteiger partial charge in [-0.1, -0.05) is 12.8 Å². The molecule has 0 aromatic carbocycles. The molecule has 0 aromatic heterocycles. The maximum Gasteiger partial charge on any atom is 0.324 e. The summed E-state index contributed by atoms with van der Waals surface area (Å²) < 4.78 is 0. The number of carbonyl (C=O) groups is 1. The molecule has 1 aliphatic heterocycles. The van der Waals surface area contributed by atoms with Gasteiger partial charge in [0.15, 0.2) is 0 Å². The van der Waals surface area contributed by atoms with Crippen LogP contribution in [0, 0.1) is 0 Å². The molecular weight excluding hydrogens is 192 g/mol. The SMILES string of the molecule is O=C(O)C1(NC2CCCC2)CCNCC1. The third-order valence-electron chi connectivity index (χ3n) is 3.70. The number of carboxylic acid groups (broad SMARTS) is 1. The standard InChI is InChI=1S/C11H20N2O2/c14-10(15)11(5-7-12-8-6-11)13-9-3-1-2-4-9/h9,12-13H,1-8H2,(H,14,15). The molecule has 0 unspecified atom stereocenters. The van der Waals surface area contributed by atoms with Crippen LogP contribution in [0.3, 0.4) is 0 Å². The normalized spacial score (nSPS) is 26.7. The first kappa shape index (κ1) is 10.9. The van der Waals surface area contributed by atoms with Crippen molar-refractivity contribution >= 4 is 5.97 Å². The van der Waals surface area contributed by atoms with Gasteiger partial charge in [-0.3, -0.25) is 10.1 Å². The van der Waals surface area contributed by atoms with Crippen molar-refractivity contribution in [3.63, 3.8) is 0 Å². The van der Waals surface area contributed by atoms with Gasteiger partial charge in [0.25, 0.3) is 0 Å². The van der Waals surface area contributed by atoms with Gasteiger partial charge < -0.3 is 10.4 Å². The van der Waals surface area contributed by atoms with Gasteiger partial charge in [0.05, 0.1) is 0 Å². The quantitative estimate of drug-likeness (QED) is 0.645. The monoisotopic (exact) mass is 212 g/mol. The zero-order chi connectivity index (χ0) is 10.7. The molecule has 1 saturated carbocycles. The van der Waals surface area contributed by atoms with Gasteiger partial charge in [0, 0.05) is 6.04 Å². The summed E-state index contributed by atoms with van der Waals surface area (Å²) in [5, 5.41) is 16.0. The van der Waals surface area contributed by atoms with Crippen LogP contribution in [-0.2, 0) is 4.79 Å². The van der Waals surface area contributed by atoms with E-state index in [1.165, 1.54) is 12.8 Å². The van der Waals surface area contributed by atoms with Gasteiger partial charge in [-0.15, -0.1) is 0 Å². The van der Waals surface area contributed by atoms with Crippen LogP contribution in [0.25, 0.3) is 0 Å². The van der Waals surface area contributed by atoms with Crippen molar-refractivity contribution in [2.75, 3.05) is 13.1 Å². The molecule has 15 heavy (non-hydrogen) atoms. The van der Waals surface area contributed by atoms with Crippen LogP contribution in [-0.4, -0.2) is 35.7 Å². The van der Waals surface area contributed by atoms with Crippen molar-refractivity contribution in [1.82, 2.24) is 10.6 Å². The van der Waals surface area contributed by atoms with Gasteiger partial charge in [-0.05, 0) is 38.8 Å². The second kappa shape index (κ2) is 4.49. The molecule has 4 heteroatoms. The number of aliphatic carboxylic acids is 1. The van der Waals surface area contributed by atoms with Crippen LogP contribution < -0.4 is 10.6 Å². The van der Waals surface area contributed by atoms with Crippen LogP contribution >= 0.6 is 0 Å². The Hall–Kier alpha value is -0.610. The molecule has 0 spiro atoms. The second-order valence-corrected chi connectivity index (χ2v) is 4.76. The Labute approximate surface area is 90.4 Å². The Balaban J connectivity index is 2.00. The molecule has 86 valence electrons. The molecular formula is C11H20N2O2. The molecule has 1 saturated heterocycles. The van der Waals surface area contributed by atoms with E-state index in [1.807, 2.05) is 0 Å². The minimum atomic E-state index is -0.670. The lowest BCUT2D eigenvalue weighted by atomic mass is 9.87. The molecule has 3 N–H and O–H groups in total. The highest BCUT2D eigenvalue weighted by atomic mass is 16.4. The zero-order valence-electron chi connectivity index (χ0n) is 9.09. The van der Waals surface area contributed by atoms with Crippen molar-refractivity contribution < 1.29 is 9.90 Å². The summed E-state index contributed by atoms with van der Waals surface area (Å²) in [7, 11) is 0. The highest BCUT2D eigenvalue weighted by molar-refractivity contribution is 5.79. The fourth-order valence-corrected chi connectivity index (χ4v) is 2.73. The van der Waals surface area contributed by atoms with Crippen molar-refractivity contribution in [2.24, 2.45) is 0 Å². The number of hydrogen-bond donors (Lipinski definition) is 3. The summed E-state index contributed by atoms with van der Waals surface area (Å²) in [6, 6.07) is 0.430. The fraction of sp³-hybridized carbons (Fsp3) is 0.909. The van der Waals surface area contributed by atoms with Crippen molar-refractivity contribution in [3.8, 4) is 0 Å². The lowest BCUT2D eigenvalue weighted by Crippen LogP contribution is -2.60. The van der Waals surface area contributed by atoms with Crippen molar-refractivity contribution in [1.29, 1.82) is 0 Å². The molecule has 4 nitrogen and oxygen atoms in total. The van der Waals surface area contributed by atoms with Crippen molar-refractivity contribution in [3.05, 3.63) is 0 Å². The molecule has 0 radical (unpaired) electrons. The van der Waals surface area contributed by atoms with Gasteiger partial charge in [-0.2, -0.15) is 0 Å². The predicted octanol–water partition coefficient (Wildman–Crippen LogP) is 0.725. The second-order valence-electron chi connectivity index (χ2n) is 4.76. The Morgan fingerprint density at radius 1 is 1.27 bits per heavy atom. The van der Waals surface area contributed by atoms with E-state index in [2.05, 4.69) is 10.6 Å². The van der Waals surface area contributed by atoms with E-state index < -0.39 is 11.5 Å². The fourth-order valence-electron chi connectivity index (χ4n) is 2.73. The van der Waals surface area contributed by atoms with Gasteiger partial charge >= 0.3 is 5.97 Å². The number of carboxylic acids is 1. The Kier molecular flexibility index (Phi) is 3.26. The number of piperidine rings is 1. The maximum absolute atomic E-state index is 11.4. The van der Waals surface area contributed by atoms with Crippen LogP contribution in [0.15, 0.2) is 0 Å². The van der Waals surface area contributed by atoms with Gasteiger partial charge in [0.1, 0.15) is 5.54 Å². The minimum Gasteiger partial charge on any atom is -0.480 e. The van der Waals surface area contributed by atoms with E-state index in [-0.39, 0.29) is 0 Å². The van der Waals surface area contributed by atoms with E-state index in [1.54, 1.807) is 0 Å². The molecule has 0 aromatic rings. The summed E-state index contributed by atoms with van der Waals surface area (Å²) >= 11 is 0. The third kappa shape index (κ3) is 2.32. The topological polar surface area (TPSA) is 61.4 Å². The van der Waals surface area contributed by atoms with Crippen LogP contribution in [0.1, 0.15) is 38.5 Å². The first-order valence-corrected chi connectivity index (χ1v) is 5.95. The van der Waals surface area contributed by atoms with Crippen LogP contribution in [0.5, 0.6) is 0 Å². The number of nitrogens with one attached hydrogen (secondary N) is 2. The average molecular weight is 212 g/mol. The molecule has 0 amide bonds. The van der Waals surface area contributed by atoms with E-state index in [9.17, 15) is 9.90 Å². The average Bonchev–Trinajstić information content (AvgIpc) is 2.71. The first-order valence-electron chi connectivity index (χ1n) is 5.95. The summed E-state index contributed by atoms with van der Waals surface area (Å²) in [4.78, 5) is 11.4. The van der Waals surface area contributed by atoms with Crippen molar-refractivity contribution in [2.45, 2.75) is 50.1 Å². The predicted molar refractivity (Wildman–Crippen MR) is 57.9 cm³/mol. The molecule has 1 aliphatic carbocycles. The summed E-state index contributed by atoms with van der Waals surface area (Å²) in [6.45, 7) is 1.62. The number of rotatable bonds is 3. The lowest BCUT2D eigenvalue weighted by molar-refractivity contribution is -0.146. The first-order chi connectivity index (χ1) is 7.23. The molecule has 0 atom stereocenters. The molecule has 2 fully saturated rings. The Bertz CT molecular complexity index is 231. The molecule has 2 rings (SSSR count). The highest BCUT2D eigenvalue weighted by Crippen LogP contribution is 2.25. The molecule has 0 bridgehead atoms. The summed E-state index contributed by atoms with van der Waals surface area (Å²) in [6.07, 6.45) is 6.18. The third-order valence-corrected chi connectivity index (χ3v) is 3.70. The van der Waals surface area contributed by atoms with Crippen LogP contribution in [0.2, 0.25) is 0 Å².